The van der Waals surface area contributed by atoms with Crippen LogP contribution < -0.4 is 0 Å². The van der Waals surface area contributed by atoms with Gasteiger partial charge in [-0.05, 0) is 96.2 Å². The number of carbonyl (C=O) groups excluding carboxylic acids is 1. The van der Waals surface area contributed by atoms with E-state index < -0.39 is 51.6 Å². The zero-order chi connectivity index (χ0) is 42.1. The number of allylic oxidation sites excluding steroid dienone is 4. The van der Waals surface area contributed by atoms with Crippen molar-refractivity contribution >= 4 is 16.6 Å². The Morgan fingerprint density at radius 1 is 0.867 bits per heavy atom. The lowest BCUT2D eigenvalue weighted by Crippen LogP contribution is -2.67. The smallest absolute Gasteiger partial charge is 0.393 e. The predicted octanol–water partition coefficient (Wildman–Crippen LogP) is 9.71. The molecule has 1 unspecified atom stereocenters. The van der Waals surface area contributed by atoms with Crippen molar-refractivity contribution in [2.45, 2.75) is 95.9 Å². The minimum atomic E-state index is -4.60. The van der Waals surface area contributed by atoms with Gasteiger partial charge in [0.15, 0.2) is 5.78 Å². The number of nitrogens with zero attached hydrogens (tertiary/aromatic N) is 1. The fourth-order valence-electron chi connectivity index (χ4n) is 13.1. The molecule has 3 fully saturated rings. The minimum absolute atomic E-state index is 0.00452. The molecule has 4 aromatic carbocycles. The van der Waals surface area contributed by atoms with E-state index in [1.165, 1.54) is 12.1 Å². The lowest BCUT2D eigenvalue weighted by Gasteiger charge is -2.71. The van der Waals surface area contributed by atoms with E-state index in [4.69, 9.17) is 4.74 Å². The molecule has 2 bridgehead atoms. The van der Waals surface area contributed by atoms with Crippen LogP contribution in [0.15, 0.2) is 121 Å². The second-order valence-corrected chi connectivity index (χ2v) is 19.2. The fraction of sp³-hybridized carbons (Fsp3) is 0.471. The first-order valence-corrected chi connectivity index (χ1v) is 21.7. The Bertz CT molecular complexity index is 2320. The number of alkyl halides is 3. The highest BCUT2D eigenvalue weighted by Gasteiger charge is 2.74. The number of fused-ring (bicyclic) bond motifs is 2. The molecule has 6 aliphatic carbocycles. The summed E-state index contributed by atoms with van der Waals surface area (Å²) >= 11 is 0. The third-order valence-corrected chi connectivity index (χ3v) is 16.1. The maximum Gasteiger partial charge on any atom is 0.416 e. The van der Waals surface area contributed by atoms with Crippen LogP contribution in [0.3, 0.4) is 0 Å². The number of aliphatic hydroxyl groups excluding tert-OH is 2. The molecule has 6 aliphatic rings. The van der Waals surface area contributed by atoms with Crippen molar-refractivity contribution in [1.82, 2.24) is 4.90 Å². The Kier molecular flexibility index (Phi) is 10.3. The van der Waals surface area contributed by atoms with Gasteiger partial charge in [-0.1, -0.05) is 117 Å². The zero-order valence-corrected chi connectivity index (χ0v) is 34.5. The highest BCUT2D eigenvalue weighted by Crippen LogP contribution is 2.78. The molecule has 0 aliphatic heterocycles. The zero-order valence-electron chi connectivity index (χ0n) is 34.5. The van der Waals surface area contributed by atoms with Crippen LogP contribution in [0.2, 0.25) is 0 Å². The molecule has 0 saturated heterocycles. The second-order valence-electron chi connectivity index (χ2n) is 19.2. The number of halogens is 3. The lowest BCUT2D eigenvalue weighted by molar-refractivity contribution is -0.177. The molecule has 0 amide bonds. The molecule has 4 aromatic rings. The van der Waals surface area contributed by atoms with Crippen LogP contribution in [0.25, 0.3) is 10.8 Å². The quantitative estimate of drug-likeness (QED) is 0.0975. The van der Waals surface area contributed by atoms with Gasteiger partial charge in [-0.2, -0.15) is 13.2 Å². The van der Waals surface area contributed by atoms with E-state index in [9.17, 15) is 33.3 Å². The summed E-state index contributed by atoms with van der Waals surface area (Å²) in [7, 11) is 0. The van der Waals surface area contributed by atoms with Crippen LogP contribution in [0.1, 0.15) is 85.8 Å². The Morgan fingerprint density at radius 3 is 2.37 bits per heavy atom. The van der Waals surface area contributed by atoms with E-state index in [0.717, 1.165) is 46.9 Å². The molecule has 9 heteroatoms. The van der Waals surface area contributed by atoms with Crippen molar-refractivity contribution in [3.8, 4) is 0 Å². The summed E-state index contributed by atoms with van der Waals surface area (Å²) < 4.78 is 48.1. The summed E-state index contributed by atoms with van der Waals surface area (Å²) in [5, 5.41) is 38.1. The molecule has 6 nitrogen and oxygen atoms in total. The topological polar surface area (TPSA) is 90.2 Å². The number of Topliss-reactive ketones (excluding diaryl/α,β-unsaturated/α-hetero) is 1. The highest BCUT2D eigenvalue weighted by molar-refractivity contribution is 6.10. The number of aliphatic hydroxyl groups is 3. The van der Waals surface area contributed by atoms with Crippen LogP contribution >= 0.6 is 0 Å². The third-order valence-electron chi connectivity index (χ3n) is 16.1. The maximum atomic E-state index is 15.0. The lowest BCUT2D eigenvalue weighted by atomic mass is 9.32. The van der Waals surface area contributed by atoms with Gasteiger partial charge in [0, 0.05) is 47.0 Å². The molecular weight excluding hydrogens is 764 g/mol. The van der Waals surface area contributed by atoms with Gasteiger partial charge in [-0.25, -0.2) is 0 Å². The largest absolute Gasteiger partial charge is 0.416 e. The first-order chi connectivity index (χ1) is 28.6. The van der Waals surface area contributed by atoms with Crippen molar-refractivity contribution in [3.05, 3.63) is 143 Å². The first-order valence-electron chi connectivity index (χ1n) is 21.7. The summed E-state index contributed by atoms with van der Waals surface area (Å²) in [6.45, 7) is 5.96. The summed E-state index contributed by atoms with van der Waals surface area (Å²) in [5.41, 5.74) is -1.88. The number of benzene rings is 4. The number of rotatable bonds is 12. The van der Waals surface area contributed by atoms with Crippen LogP contribution in [-0.2, 0) is 24.1 Å². The van der Waals surface area contributed by atoms with Gasteiger partial charge in [0.1, 0.15) is 0 Å². The normalized spacial score (nSPS) is 33.6. The van der Waals surface area contributed by atoms with Gasteiger partial charge in [0.05, 0.1) is 36.6 Å². The molecule has 3 saturated carbocycles. The van der Waals surface area contributed by atoms with Gasteiger partial charge < -0.3 is 20.1 Å². The molecule has 0 heterocycles. The van der Waals surface area contributed by atoms with Crippen LogP contribution in [0.4, 0.5) is 13.2 Å². The highest BCUT2D eigenvalue weighted by atomic mass is 19.4. The Balaban J connectivity index is 1.07. The molecular formula is C51H56F3NO5. The van der Waals surface area contributed by atoms with Gasteiger partial charge in [-0.3, -0.25) is 9.69 Å². The SMILES string of the molecule is C[C@]12CC[C@H]3[C@]4(C=C[C@@]5(C=C4C(=O)c4cccc(C(F)(F)F)c4)CC(O)CC[C@]35C)[C@@H]1CC[C@@]2(O)CN(Cc1cccc2ccccc12)C[C@@H](O)COCc1ccccc1. The van der Waals surface area contributed by atoms with Crippen LogP contribution in [0, 0.1) is 33.5 Å². The molecule has 2 spiro atoms. The minimum Gasteiger partial charge on any atom is -0.393 e. The van der Waals surface area contributed by atoms with Crippen molar-refractivity contribution in [2.75, 3.05) is 19.7 Å². The van der Waals surface area contributed by atoms with E-state index in [0.29, 0.717) is 50.8 Å². The Hall–Kier alpha value is -4.12. The number of ketones is 1. The monoisotopic (exact) mass is 819 g/mol. The van der Waals surface area contributed by atoms with Crippen molar-refractivity contribution in [3.63, 3.8) is 0 Å². The maximum absolute atomic E-state index is 15.0. The van der Waals surface area contributed by atoms with E-state index >= 15 is 0 Å². The van der Waals surface area contributed by atoms with Gasteiger partial charge in [0.25, 0.3) is 0 Å². The Labute approximate surface area is 350 Å². The summed E-state index contributed by atoms with van der Waals surface area (Å²) in [6.07, 6.45) is 4.84. The molecule has 0 aromatic heterocycles. The fourth-order valence-corrected chi connectivity index (χ4v) is 13.1. The second kappa shape index (κ2) is 15.1. The summed E-state index contributed by atoms with van der Waals surface area (Å²) in [6, 6.07) is 29.0. The van der Waals surface area contributed by atoms with Crippen molar-refractivity contribution in [2.24, 2.45) is 33.5 Å². The average Bonchev–Trinajstić information content (AvgIpc) is 3.50. The molecule has 316 valence electrons. The third kappa shape index (κ3) is 6.62. The van der Waals surface area contributed by atoms with Gasteiger partial charge in [-0.15, -0.1) is 0 Å². The average molecular weight is 820 g/mol. The molecule has 60 heavy (non-hydrogen) atoms. The van der Waals surface area contributed by atoms with Crippen molar-refractivity contribution < 1.29 is 38.0 Å². The molecule has 9 atom stereocenters. The summed E-state index contributed by atoms with van der Waals surface area (Å²) in [4.78, 5) is 17.1. The molecule has 10 rings (SSSR count). The van der Waals surface area contributed by atoms with Gasteiger partial charge in [0.2, 0.25) is 0 Å². The van der Waals surface area contributed by atoms with E-state index in [2.05, 4.69) is 55.2 Å². The van der Waals surface area contributed by atoms with Crippen LogP contribution in [-0.4, -0.2) is 63.5 Å². The molecule has 0 radical (unpaired) electrons. The standard InChI is InChI=1S/C51H56F3NO5/c1-46-21-18-39(56)27-48(46)24-25-50(42(28-48)45(58)36-14-9-16-38(26-36)51(52,53)54)43(46)19-22-47(2)44(50)20-23-49(47,59)33-55(29-37-15-8-13-35-12-6-7-17-41(35)37)30-40(57)32-60-31-34-10-4-3-5-11-34/h3-17,24-26,28,39-40,43-44,56-57,59H,18-23,27,29-33H2,1-2H3/t39?,40-,43-,44-,46-,47+,48+,49-,50-/m1/s1. The van der Waals surface area contributed by atoms with E-state index in [1.54, 1.807) is 0 Å². The van der Waals surface area contributed by atoms with Crippen LogP contribution in [0.5, 0.6) is 0 Å². The first kappa shape index (κ1) is 41.2. The number of hydrogen-bond acceptors (Lipinski definition) is 6. The summed E-state index contributed by atoms with van der Waals surface area (Å²) in [5.74, 6) is -0.604. The van der Waals surface area contributed by atoms with E-state index in [-0.39, 0.29) is 42.5 Å². The number of hydrogen-bond donors (Lipinski definition) is 3. The Morgan fingerprint density at radius 2 is 1.57 bits per heavy atom. The van der Waals surface area contributed by atoms with E-state index in [1.807, 2.05) is 54.6 Å². The predicted molar refractivity (Wildman–Crippen MR) is 226 cm³/mol. The number of ether oxygens (including phenoxy) is 1. The number of carbonyl (C=O) groups is 1. The van der Waals surface area contributed by atoms with Gasteiger partial charge >= 0.3 is 6.18 Å². The molecule has 3 N–H and O–H groups in total. The van der Waals surface area contributed by atoms with Crippen molar-refractivity contribution in [1.29, 1.82) is 0 Å².